The molecule has 0 aromatic carbocycles. The smallest absolute Gasteiger partial charge is 0.329 e. The number of amides is 2. The zero-order chi connectivity index (χ0) is 13.5. The van der Waals surface area contributed by atoms with Crippen molar-refractivity contribution in [2.75, 3.05) is 0 Å². The molecule has 0 rings (SSSR count). The van der Waals surface area contributed by atoms with Gasteiger partial charge in [-0.05, 0) is 26.2 Å². The van der Waals surface area contributed by atoms with Crippen LogP contribution in [0, 0.1) is 0 Å². The summed E-state index contributed by atoms with van der Waals surface area (Å²) in [6.07, 6.45) is 3.05. The van der Waals surface area contributed by atoms with Crippen LogP contribution in [0.1, 0.15) is 40.0 Å². The zero-order valence-electron chi connectivity index (χ0n) is 10.7. The van der Waals surface area contributed by atoms with Crippen LogP contribution in [0.4, 0.5) is 4.79 Å². The van der Waals surface area contributed by atoms with Gasteiger partial charge < -0.3 is 15.7 Å². The highest BCUT2D eigenvalue weighted by atomic mass is 16.4. The number of carboxylic acid groups (broad SMARTS) is 1. The largest absolute Gasteiger partial charge is 0.480 e. The van der Waals surface area contributed by atoms with Gasteiger partial charge in [0.05, 0.1) is 0 Å². The van der Waals surface area contributed by atoms with Gasteiger partial charge in [-0.25, -0.2) is 9.59 Å². The van der Waals surface area contributed by atoms with Gasteiger partial charge in [0.2, 0.25) is 0 Å². The van der Waals surface area contributed by atoms with Gasteiger partial charge >= 0.3 is 12.0 Å². The second kappa shape index (κ2) is 6.93. The summed E-state index contributed by atoms with van der Waals surface area (Å²) in [7, 11) is 0. The number of rotatable bonds is 7. The van der Waals surface area contributed by atoms with Crippen molar-refractivity contribution in [1.82, 2.24) is 10.6 Å². The molecule has 3 N–H and O–H groups in total. The van der Waals surface area contributed by atoms with E-state index >= 15 is 0 Å². The fourth-order valence-corrected chi connectivity index (χ4v) is 1.57. The number of nitrogens with one attached hydrogen (secondary N) is 2. The van der Waals surface area contributed by atoms with Crippen molar-refractivity contribution in [3.63, 3.8) is 0 Å². The third kappa shape index (κ3) is 4.46. The van der Waals surface area contributed by atoms with E-state index in [0.29, 0.717) is 19.3 Å². The fourth-order valence-electron chi connectivity index (χ4n) is 1.57. The van der Waals surface area contributed by atoms with E-state index in [2.05, 4.69) is 17.2 Å². The fraction of sp³-hybridized carbons (Fsp3) is 0.667. The first-order chi connectivity index (χ1) is 7.91. The van der Waals surface area contributed by atoms with Gasteiger partial charge in [-0.15, -0.1) is 6.58 Å². The Morgan fingerprint density at radius 2 is 1.94 bits per heavy atom. The number of hydrogen-bond donors (Lipinski definition) is 3. The molecule has 0 saturated heterocycles. The van der Waals surface area contributed by atoms with Crippen molar-refractivity contribution in [3.05, 3.63) is 12.7 Å². The average molecular weight is 242 g/mol. The van der Waals surface area contributed by atoms with Crippen LogP contribution in [0.2, 0.25) is 0 Å². The highest BCUT2D eigenvalue weighted by molar-refractivity contribution is 5.86. The normalized spacial score (nSPS) is 12.6. The van der Waals surface area contributed by atoms with Crippen LogP contribution < -0.4 is 10.6 Å². The molecule has 0 aliphatic carbocycles. The molecular formula is C12H22N2O3. The number of carboxylic acids is 1. The molecule has 98 valence electrons. The lowest BCUT2D eigenvalue weighted by atomic mass is 9.93. The maximum Gasteiger partial charge on any atom is 0.329 e. The first kappa shape index (κ1) is 15.5. The number of carbonyl (C=O) groups excluding carboxylic acids is 1. The molecule has 0 saturated carbocycles. The number of carbonyl (C=O) groups is 2. The van der Waals surface area contributed by atoms with Crippen molar-refractivity contribution >= 4 is 12.0 Å². The van der Waals surface area contributed by atoms with Gasteiger partial charge in [0.25, 0.3) is 0 Å². The summed E-state index contributed by atoms with van der Waals surface area (Å²) in [5.41, 5.74) is -1.18. The lowest BCUT2D eigenvalue weighted by molar-refractivity contribution is -0.144. The molecule has 0 aliphatic rings. The standard InChI is InChI=1S/C12H22N2O3/c1-5-8-9(4)13-11(17)14-12(6-2,7-3)10(15)16/h5,9H,1,6-8H2,2-4H3,(H,15,16)(H2,13,14,17). The Morgan fingerprint density at radius 1 is 1.41 bits per heavy atom. The van der Waals surface area contributed by atoms with Gasteiger partial charge in [0.1, 0.15) is 5.54 Å². The van der Waals surface area contributed by atoms with Crippen molar-refractivity contribution in [1.29, 1.82) is 0 Å². The molecule has 1 atom stereocenters. The molecule has 5 nitrogen and oxygen atoms in total. The third-order valence-corrected chi connectivity index (χ3v) is 2.87. The summed E-state index contributed by atoms with van der Waals surface area (Å²) in [6.45, 7) is 8.89. The zero-order valence-corrected chi connectivity index (χ0v) is 10.7. The van der Waals surface area contributed by atoms with E-state index in [-0.39, 0.29) is 6.04 Å². The molecule has 0 bridgehead atoms. The molecule has 0 fully saturated rings. The summed E-state index contributed by atoms with van der Waals surface area (Å²) < 4.78 is 0. The highest BCUT2D eigenvalue weighted by Crippen LogP contribution is 2.15. The molecule has 0 spiro atoms. The Bertz CT molecular complexity index is 285. The van der Waals surface area contributed by atoms with Gasteiger partial charge in [-0.3, -0.25) is 0 Å². The van der Waals surface area contributed by atoms with E-state index in [4.69, 9.17) is 5.11 Å². The molecule has 0 aromatic rings. The van der Waals surface area contributed by atoms with Crippen molar-refractivity contribution < 1.29 is 14.7 Å². The average Bonchev–Trinajstić information content (AvgIpc) is 2.25. The summed E-state index contributed by atoms with van der Waals surface area (Å²) in [6, 6.07) is -0.516. The van der Waals surface area contributed by atoms with Gasteiger partial charge in [-0.1, -0.05) is 19.9 Å². The minimum absolute atomic E-state index is 0.0623. The molecule has 0 radical (unpaired) electrons. The first-order valence-electron chi connectivity index (χ1n) is 5.84. The van der Waals surface area contributed by atoms with E-state index in [0.717, 1.165) is 0 Å². The van der Waals surface area contributed by atoms with Crippen LogP contribution in [0.3, 0.4) is 0 Å². The van der Waals surface area contributed by atoms with Gasteiger partial charge in [0, 0.05) is 6.04 Å². The van der Waals surface area contributed by atoms with Crippen molar-refractivity contribution in [2.24, 2.45) is 0 Å². The Balaban J connectivity index is 4.51. The van der Waals surface area contributed by atoms with Crippen LogP contribution in [0.25, 0.3) is 0 Å². The Morgan fingerprint density at radius 3 is 2.29 bits per heavy atom. The number of hydrogen-bond acceptors (Lipinski definition) is 2. The van der Waals surface area contributed by atoms with E-state index in [1.165, 1.54) is 0 Å². The molecule has 0 aromatic heterocycles. The van der Waals surface area contributed by atoms with E-state index < -0.39 is 17.5 Å². The predicted molar refractivity (Wildman–Crippen MR) is 66.9 cm³/mol. The van der Waals surface area contributed by atoms with Gasteiger partial charge in [0.15, 0.2) is 0 Å². The van der Waals surface area contributed by atoms with Crippen LogP contribution >= 0.6 is 0 Å². The Kier molecular flexibility index (Phi) is 6.31. The van der Waals surface area contributed by atoms with E-state index in [1.54, 1.807) is 19.9 Å². The molecule has 5 heteroatoms. The minimum atomic E-state index is -1.18. The second-order valence-electron chi connectivity index (χ2n) is 4.12. The summed E-state index contributed by atoms with van der Waals surface area (Å²) in [4.78, 5) is 22.8. The molecule has 2 amide bonds. The number of urea groups is 1. The first-order valence-corrected chi connectivity index (χ1v) is 5.84. The topological polar surface area (TPSA) is 78.4 Å². The van der Waals surface area contributed by atoms with Crippen LogP contribution in [0.5, 0.6) is 0 Å². The lowest BCUT2D eigenvalue weighted by Gasteiger charge is -2.28. The monoisotopic (exact) mass is 242 g/mol. The van der Waals surface area contributed by atoms with Crippen molar-refractivity contribution in [3.8, 4) is 0 Å². The SMILES string of the molecule is C=CCC(C)NC(=O)NC(CC)(CC)C(=O)O. The molecular weight excluding hydrogens is 220 g/mol. The third-order valence-electron chi connectivity index (χ3n) is 2.87. The maximum atomic E-state index is 11.6. The Hall–Kier alpha value is -1.52. The summed E-state index contributed by atoms with van der Waals surface area (Å²) in [5.74, 6) is -1.01. The lowest BCUT2D eigenvalue weighted by Crippen LogP contribution is -2.57. The molecule has 0 heterocycles. The van der Waals surface area contributed by atoms with E-state index in [9.17, 15) is 9.59 Å². The quantitative estimate of drug-likeness (QED) is 0.596. The highest BCUT2D eigenvalue weighted by Gasteiger charge is 2.36. The predicted octanol–water partition coefficient (Wildman–Crippen LogP) is 1.89. The number of aliphatic carboxylic acids is 1. The maximum absolute atomic E-state index is 11.6. The van der Waals surface area contributed by atoms with Crippen molar-refractivity contribution in [2.45, 2.75) is 51.6 Å². The van der Waals surface area contributed by atoms with Crippen LogP contribution in [-0.2, 0) is 4.79 Å². The van der Waals surface area contributed by atoms with Crippen LogP contribution in [0.15, 0.2) is 12.7 Å². The molecule has 17 heavy (non-hydrogen) atoms. The molecule has 0 aliphatic heterocycles. The van der Waals surface area contributed by atoms with Crippen LogP contribution in [-0.4, -0.2) is 28.7 Å². The second-order valence-corrected chi connectivity index (χ2v) is 4.12. The van der Waals surface area contributed by atoms with Gasteiger partial charge in [-0.2, -0.15) is 0 Å². The van der Waals surface area contributed by atoms with E-state index in [1.807, 2.05) is 6.92 Å². The summed E-state index contributed by atoms with van der Waals surface area (Å²) >= 11 is 0. The summed E-state index contributed by atoms with van der Waals surface area (Å²) in [5, 5.41) is 14.4. The Labute approximate surface area is 102 Å². The molecule has 1 unspecified atom stereocenters. The minimum Gasteiger partial charge on any atom is -0.480 e.